The molecule has 0 spiro atoms. The van der Waals surface area contributed by atoms with Gasteiger partial charge in [-0.3, -0.25) is 4.79 Å². The van der Waals surface area contributed by atoms with Crippen LogP contribution < -0.4 is 5.32 Å². The number of esters is 1. The van der Waals surface area contributed by atoms with E-state index in [1.807, 2.05) is 30.3 Å². The van der Waals surface area contributed by atoms with Gasteiger partial charge in [0.05, 0.1) is 12.2 Å². The first-order chi connectivity index (χ1) is 13.6. The number of carbonyl (C=O) groups excluding carboxylic acids is 2. The van der Waals surface area contributed by atoms with E-state index >= 15 is 0 Å². The summed E-state index contributed by atoms with van der Waals surface area (Å²) in [6.45, 7) is 6.82. The molecule has 7 heteroatoms. The lowest BCUT2D eigenvalue weighted by atomic mass is 10.1. The Morgan fingerprint density at radius 1 is 1.14 bits per heavy atom. The van der Waals surface area contributed by atoms with Crippen molar-refractivity contribution >= 4 is 28.2 Å². The molecule has 1 aliphatic rings. The Morgan fingerprint density at radius 2 is 1.86 bits per heavy atom. The minimum atomic E-state index is -0.407. The minimum Gasteiger partial charge on any atom is -0.462 e. The molecule has 1 aromatic heterocycles. The number of nitrogens with one attached hydrogen (secondary N) is 1. The van der Waals surface area contributed by atoms with Gasteiger partial charge in [0.1, 0.15) is 5.00 Å². The molecular formula is C21H27N3O3S. The fraction of sp³-hybridized carbons (Fsp3) is 0.429. The van der Waals surface area contributed by atoms with Gasteiger partial charge in [0.25, 0.3) is 0 Å². The Balaban J connectivity index is 1.68. The average Bonchev–Trinajstić information content (AvgIpc) is 3.12. The van der Waals surface area contributed by atoms with Gasteiger partial charge in [-0.15, -0.1) is 11.3 Å². The Hall–Kier alpha value is -2.22. The molecule has 1 amide bonds. The number of carbonyl (C=O) groups is 2. The van der Waals surface area contributed by atoms with E-state index in [1.165, 1.54) is 11.3 Å². The largest absolute Gasteiger partial charge is 0.462 e. The van der Waals surface area contributed by atoms with Crippen LogP contribution in [0.1, 0.15) is 23.7 Å². The van der Waals surface area contributed by atoms with E-state index in [9.17, 15) is 9.59 Å². The number of thiophene rings is 1. The standard InChI is InChI=1S/C21H27N3O3S/c1-3-27-21(26)17-15-18(16-7-5-4-6-8-16)28-20(17)22-19(25)9-10-24-13-11-23(2)12-14-24/h4-8,15H,3,9-14H2,1-2H3,(H,22,25). The SMILES string of the molecule is CCOC(=O)c1cc(-c2ccccc2)sc1NC(=O)CCN1CCN(C)CC1. The second kappa shape index (κ2) is 9.82. The Bertz CT molecular complexity index is 798. The van der Waals surface area contributed by atoms with Crippen LogP contribution >= 0.6 is 11.3 Å². The second-order valence-electron chi connectivity index (χ2n) is 6.88. The summed E-state index contributed by atoms with van der Waals surface area (Å²) in [5.74, 6) is -0.485. The Labute approximate surface area is 170 Å². The third-order valence-electron chi connectivity index (χ3n) is 4.79. The maximum absolute atomic E-state index is 12.5. The normalized spacial score (nSPS) is 15.4. The van der Waals surface area contributed by atoms with E-state index in [4.69, 9.17) is 4.74 Å². The molecule has 0 radical (unpaired) electrons. The first-order valence-corrected chi connectivity index (χ1v) is 10.5. The molecule has 3 rings (SSSR count). The first-order valence-electron chi connectivity index (χ1n) is 9.64. The van der Waals surface area contributed by atoms with E-state index in [-0.39, 0.29) is 5.91 Å². The van der Waals surface area contributed by atoms with Gasteiger partial charge in [-0.1, -0.05) is 30.3 Å². The molecule has 1 N–H and O–H groups in total. The lowest BCUT2D eigenvalue weighted by Gasteiger charge is -2.32. The molecule has 2 heterocycles. The summed E-state index contributed by atoms with van der Waals surface area (Å²) >= 11 is 1.40. The third kappa shape index (κ3) is 5.41. The molecule has 1 aliphatic heterocycles. The number of ether oxygens (including phenoxy) is 1. The fourth-order valence-electron chi connectivity index (χ4n) is 3.11. The quantitative estimate of drug-likeness (QED) is 0.722. The number of hydrogen-bond donors (Lipinski definition) is 1. The van der Waals surface area contributed by atoms with Gasteiger partial charge in [0.15, 0.2) is 0 Å². The highest BCUT2D eigenvalue weighted by atomic mass is 32.1. The third-order valence-corrected chi connectivity index (χ3v) is 5.89. The van der Waals surface area contributed by atoms with Crippen molar-refractivity contribution in [3.8, 4) is 10.4 Å². The van der Waals surface area contributed by atoms with Crippen LogP contribution in [0.4, 0.5) is 5.00 Å². The van der Waals surface area contributed by atoms with Gasteiger partial charge < -0.3 is 19.9 Å². The maximum atomic E-state index is 12.5. The molecule has 28 heavy (non-hydrogen) atoms. The molecule has 6 nitrogen and oxygen atoms in total. The lowest BCUT2D eigenvalue weighted by Crippen LogP contribution is -2.45. The van der Waals surface area contributed by atoms with Crippen molar-refractivity contribution in [2.24, 2.45) is 0 Å². The number of hydrogen-bond acceptors (Lipinski definition) is 6. The van der Waals surface area contributed by atoms with E-state index in [0.29, 0.717) is 23.6 Å². The van der Waals surface area contributed by atoms with Crippen molar-refractivity contribution in [3.05, 3.63) is 42.0 Å². The summed E-state index contributed by atoms with van der Waals surface area (Å²) in [5.41, 5.74) is 1.43. The maximum Gasteiger partial charge on any atom is 0.341 e. The molecule has 1 saturated heterocycles. The van der Waals surface area contributed by atoms with Crippen LogP contribution in [0.15, 0.2) is 36.4 Å². The summed E-state index contributed by atoms with van der Waals surface area (Å²) in [6, 6.07) is 11.6. The van der Waals surface area contributed by atoms with E-state index in [1.54, 1.807) is 13.0 Å². The summed E-state index contributed by atoms with van der Waals surface area (Å²) in [7, 11) is 2.11. The zero-order valence-corrected chi connectivity index (χ0v) is 17.3. The highest BCUT2D eigenvalue weighted by Crippen LogP contribution is 2.36. The summed E-state index contributed by atoms with van der Waals surface area (Å²) < 4.78 is 5.17. The zero-order chi connectivity index (χ0) is 19.9. The van der Waals surface area contributed by atoms with Gasteiger partial charge in [-0.25, -0.2) is 4.79 Å². The summed E-state index contributed by atoms with van der Waals surface area (Å²) in [5, 5.41) is 3.49. The number of anilines is 1. The number of piperazine rings is 1. The van der Waals surface area contributed by atoms with Crippen molar-refractivity contribution in [2.45, 2.75) is 13.3 Å². The van der Waals surface area contributed by atoms with E-state index in [0.717, 1.165) is 43.2 Å². The molecule has 2 aromatic rings. The van der Waals surface area contributed by atoms with Crippen LogP contribution in [0, 0.1) is 0 Å². The van der Waals surface area contributed by atoms with E-state index < -0.39 is 5.97 Å². The number of nitrogens with zero attached hydrogens (tertiary/aromatic N) is 2. The average molecular weight is 402 g/mol. The number of likely N-dealkylation sites (N-methyl/N-ethyl adjacent to an activating group) is 1. The van der Waals surface area contributed by atoms with Crippen molar-refractivity contribution < 1.29 is 14.3 Å². The monoisotopic (exact) mass is 401 g/mol. The summed E-state index contributed by atoms with van der Waals surface area (Å²) in [6.07, 6.45) is 0.407. The predicted octanol–water partition coefficient (Wildman–Crippen LogP) is 3.17. The predicted molar refractivity (Wildman–Crippen MR) is 113 cm³/mol. The second-order valence-corrected chi connectivity index (χ2v) is 7.94. The topological polar surface area (TPSA) is 61.9 Å². The molecule has 0 unspecified atom stereocenters. The fourth-order valence-corrected chi connectivity index (χ4v) is 4.18. The van der Waals surface area contributed by atoms with E-state index in [2.05, 4.69) is 22.2 Å². The van der Waals surface area contributed by atoms with Crippen LogP contribution in [-0.4, -0.2) is 68.1 Å². The lowest BCUT2D eigenvalue weighted by molar-refractivity contribution is -0.116. The van der Waals surface area contributed by atoms with Crippen LogP contribution in [0.5, 0.6) is 0 Å². The highest BCUT2D eigenvalue weighted by Gasteiger charge is 2.20. The number of rotatable bonds is 7. The van der Waals surface area contributed by atoms with Crippen molar-refractivity contribution in [3.63, 3.8) is 0 Å². The molecule has 1 aromatic carbocycles. The number of benzene rings is 1. The van der Waals surface area contributed by atoms with Crippen molar-refractivity contribution in [2.75, 3.05) is 51.7 Å². The highest BCUT2D eigenvalue weighted by molar-refractivity contribution is 7.20. The molecule has 0 aliphatic carbocycles. The van der Waals surface area contributed by atoms with Gasteiger partial charge in [-0.2, -0.15) is 0 Å². The molecule has 0 saturated carbocycles. The molecule has 0 bridgehead atoms. The Kier molecular flexibility index (Phi) is 7.19. The smallest absolute Gasteiger partial charge is 0.341 e. The minimum absolute atomic E-state index is 0.0778. The first kappa shape index (κ1) is 20.5. The van der Waals surface area contributed by atoms with Gasteiger partial charge in [0.2, 0.25) is 5.91 Å². The van der Waals surface area contributed by atoms with Gasteiger partial charge in [-0.05, 0) is 25.6 Å². The van der Waals surface area contributed by atoms with Crippen molar-refractivity contribution in [1.82, 2.24) is 9.80 Å². The molecule has 1 fully saturated rings. The van der Waals surface area contributed by atoms with Crippen LogP contribution in [0.25, 0.3) is 10.4 Å². The van der Waals surface area contributed by atoms with Gasteiger partial charge >= 0.3 is 5.97 Å². The van der Waals surface area contributed by atoms with Crippen LogP contribution in [0.2, 0.25) is 0 Å². The Morgan fingerprint density at radius 3 is 2.54 bits per heavy atom. The summed E-state index contributed by atoms with van der Waals surface area (Å²) in [4.78, 5) is 30.4. The molecule has 150 valence electrons. The number of amides is 1. The zero-order valence-electron chi connectivity index (χ0n) is 16.4. The van der Waals surface area contributed by atoms with Gasteiger partial charge in [0, 0.05) is 44.0 Å². The van der Waals surface area contributed by atoms with Crippen LogP contribution in [-0.2, 0) is 9.53 Å². The molecular weight excluding hydrogens is 374 g/mol. The molecule has 0 atom stereocenters. The van der Waals surface area contributed by atoms with Crippen LogP contribution in [0.3, 0.4) is 0 Å². The van der Waals surface area contributed by atoms with Crippen molar-refractivity contribution in [1.29, 1.82) is 0 Å².